The van der Waals surface area contributed by atoms with Gasteiger partial charge in [0.15, 0.2) is 11.5 Å². The lowest BCUT2D eigenvalue weighted by atomic mass is 10.2. The molecule has 0 bridgehead atoms. The molecule has 0 aliphatic carbocycles. The van der Waals surface area contributed by atoms with Crippen molar-refractivity contribution in [1.82, 2.24) is 10.7 Å². The van der Waals surface area contributed by atoms with Crippen LogP contribution in [0.2, 0.25) is 0 Å². The number of rotatable bonds is 9. The minimum atomic E-state index is -0.638. The van der Waals surface area contributed by atoms with Crippen LogP contribution in [-0.4, -0.2) is 44.8 Å². The minimum Gasteiger partial charge on any atom is -0.493 e. The molecule has 0 atom stereocenters. The van der Waals surface area contributed by atoms with Crippen LogP contribution < -0.4 is 25.0 Å². The van der Waals surface area contributed by atoms with Crippen molar-refractivity contribution >= 4 is 39.9 Å². The molecule has 0 heterocycles. The first kappa shape index (κ1) is 26.4. The average molecular weight is 558 g/mol. The smallest absolute Gasteiger partial charge is 0.343 e. The molecule has 0 saturated heterocycles. The molecule has 2 amide bonds. The highest BCUT2D eigenvalue weighted by molar-refractivity contribution is 9.10. The van der Waals surface area contributed by atoms with Gasteiger partial charge in [0.05, 0.1) is 32.5 Å². The lowest BCUT2D eigenvalue weighted by molar-refractivity contribution is -0.120. The zero-order valence-corrected chi connectivity index (χ0v) is 20.8. The molecule has 186 valence electrons. The second-order valence-corrected chi connectivity index (χ2v) is 8.04. The summed E-state index contributed by atoms with van der Waals surface area (Å²) < 4.78 is 29.5. The third kappa shape index (κ3) is 7.12. The van der Waals surface area contributed by atoms with Crippen LogP contribution >= 0.6 is 15.9 Å². The van der Waals surface area contributed by atoms with Crippen molar-refractivity contribution < 1.29 is 33.0 Å². The zero-order valence-electron chi connectivity index (χ0n) is 19.2. The predicted molar refractivity (Wildman–Crippen MR) is 133 cm³/mol. The monoisotopic (exact) mass is 557 g/mol. The fourth-order valence-electron chi connectivity index (χ4n) is 2.91. The van der Waals surface area contributed by atoms with Crippen LogP contribution in [0.25, 0.3) is 0 Å². The van der Waals surface area contributed by atoms with E-state index in [1.807, 2.05) is 0 Å². The van der Waals surface area contributed by atoms with E-state index in [1.165, 1.54) is 44.7 Å². The first-order valence-electron chi connectivity index (χ1n) is 10.4. The van der Waals surface area contributed by atoms with Gasteiger partial charge in [-0.05, 0) is 60.7 Å². The summed E-state index contributed by atoms with van der Waals surface area (Å²) >= 11 is 3.34. The molecule has 0 radical (unpaired) electrons. The molecule has 0 spiro atoms. The fraction of sp³-hybridized carbons (Fsp3) is 0.120. The van der Waals surface area contributed by atoms with Gasteiger partial charge in [-0.1, -0.05) is 15.9 Å². The van der Waals surface area contributed by atoms with Gasteiger partial charge >= 0.3 is 5.97 Å². The van der Waals surface area contributed by atoms with Gasteiger partial charge in [-0.2, -0.15) is 5.10 Å². The van der Waals surface area contributed by atoms with E-state index in [2.05, 4.69) is 31.8 Å². The van der Waals surface area contributed by atoms with Gasteiger partial charge in [0.1, 0.15) is 11.6 Å². The van der Waals surface area contributed by atoms with Gasteiger partial charge in [-0.3, -0.25) is 9.59 Å². The summed E-state index contributed by atoms with van der Waals surface area (Å²) in [4.78, 5) is 36.7. The maximum atomic E-state index is 13.0. The summed E-state index contributed by atoms with van der Waals surface area (Å²) in [7, 11) is 2.94. The molecule has 0 aliphatic rings. The number of methoxy groups -OCH3 is 2. The molecular formula is C25H21BrFN3O6. The van der Waals surface area contributed by atoms with Crippen molar-refractivity contribution in [3.8, 4) is 17.2 Å². The van der Waals surface area contributed by atoms with E-state index < -0.39 is 23.6 Å². The number of amides is 2. The van der Waals surface area contributed by atoms with Crippen molar-refractivity contribution in [3.05, 3.63) is 87.6 Å². The first-order valence-corrected chi connectivity index (χ1v) is 11.2. The van der Waals surface area contributed by atoms with Crippen molar-refractivity contribution in [3.63, 3.8) is 0 Å². The number of ether oxygens (including phenoxy) is 3. The molecule has 2 N–H and O–H groups in total. The van der Waals surface area contributed by atoms with Gasteiger partial charge < -0.3 is 19.5 Å². The van der Waals surface area contributed by atoms with Gasteiger partial charge in [0.25, 0.3) is 11.8 Å². The number of benzene rings is 3. The number of nitrogens with one attached hydrogen (secondary N) is 2. The normalized spacial score (nSPS) is 10.6. The molecular weight excluding hydrogens is 537 g/mol. The summed E-state index contributed by atoms with van der Waals surface area (Å²) in [6.45, 7) is -0.354. The van der Waals surface area contributed by atoms with Crippen molar-refractivity contribution in [1.29, 1.82) is 0 Å². The highest BCUT2D eigenvalue weighted by atomic mass is 79.9. The molecule has 0 saturated carbocycles. The molecule has 36 heavy (non-hydrogen) atoms. The summed E-state index contributed by atoms with van der Waals surface area (Å²) in [5.41, 5.74) is 3.12. The number of halogens is 2. The molecule has 0 fully saturated rings. The van der Waals surface area contributed by atoms with Crippen LogP contribution in [-0.2, 0) is 4.79 Å². The van der Waals surface area contributed by atoms with Crippen LogP contribution in [0.4, 0.5) is 4.39 Å². The number of hydrogen-bond donors (Lipinski definition) is 2. The first-order chi connectivity index (χ1) is 17.3. The number of carbonyl (C=O) groups excluding carboxylic acids is 3. The van der Waals surface area contributed by atoms with Gasteiger partial charge in [0.2, 0.25) is 0 Å². The average Bonchev–Trinajstić information content (AvgIpc) is 2.88. The SMILES string of the molecule is COc1ccc(C(=O)Oc2ccc(Br)cc2/C=N/NC(=O)CNC(=O)c2ccc(F)cc2)cc1OC. The Labute approximate surface area is 214 Å². The van der Waals surface area contributed by atoms with E-state index in [0.29, 0.717) is 21.5 Å². The second kappa shape index (κ2) is 12.5. The van der Waals surface area contributed by atoms with Crippen LogP contribution in [0.5, 0.6) is 17.2 Å². The Kier molecular flexibility index (Phi) is 9.12. The minimum absolute atomic E-state index is 0.195. The second-order valence-electron chi connectivity index (χ2n) is 7.12. The maximum Gasteiger partial charge on any atom is 0.343 e. The van der Waals surface area contributed by atoms with Gasteiger partial charge in [0, 0.05) is 15.6 Å². The van der Waals surface area contributed by atoms with Crippen molar-refractivity contribution in [2.24, 2.45) is 5.10 Å². The third-order valence-corrected chi connectivity index (χ3v) is 5.20. The van der Waals surface area contributed by atoms with Gasteiger partial charge in [-0.25, -0.2) is 14.6 Å². The highest BCUT2D eigenvalue weighted by Crippen LogP contribution is 2.29. The van der Waals surface area contributed by atoms with Crippen LogP contribution in [0.3, 0.4) is 0 Å². The Morgan fingerprint density at radius 1 is 0.917 bits per heavy atom. The van der Waals surface area contributed by atoms with E-state index in [1.54, 1.807) is 24.3 Å². The Morgan fingerprint density at radius 3 is 2.28 bits per heavy atom. The number of carbonyl (C=O) groups is 3. The van der Waals surface area contributed by atoms with E-state index in [-0.39, 0.29) is 23.4 Å². The third-order valence-electron chi connectivity index (χ3n) is 4.70. The van der Waals surface area contributed by atoms with Crippen molar-refractivity contribution in [2.75, 3.05) is 20.8 Å². The van der Waals surface area contributed by atoms with E-state index in [9.17, 15) is 18.8 Å². The standard InChI is InChI=1S/C25H21BrFN3O6/c1-34-21-9-5-16(12-22(21)35-2)25(33)36-20-10-6-18(26)11-17(20)13-29-30-23(31)14-28-24(32)15-3-7-19(27)8-4-15/h3-13H,14H2,1-2H3,(H,28,32)(H,30,31)/b29-13+. The van der Waals surface area contributed by atoms with Gasteiger partial charge in [-0.15, -0.1) is 0 Å². The summed E-state index contributed by atoms with van der Waals surface area (Å²) in [5, 5.41) is 6.27. The fourth-order valence-corrected chi connectivity index (χ4v) is 3.29. The molecule has 0 aliphatic heterocycles. The Balaban J connectivity index is 1.62. The maximum absolute atomic E-state index is 13.0. The Hall–Kier alpha value is -4.25. The number of esters is 1. The molecule has 0 unspecified atom stereocenters. The molecule has 9 nitrogen and oxygen atoms in total. The Bertz CT molecular complexity index is 1300. The quantitative estimate of drug-likeness (QED) is 0.179. The molecule has 3 aromatic carbocycles. The largest absolute Gasteiger partial charge is 0.493 e. The molecule has 11 heteroatoms. The van der Waals surface area contributed by atoms with Crippen molar-refractivity contribution in [2.45, 2.75) is 0 Å². The highest BCUT2D eigenvalue weighted by Gasteiger charge is 2.15. The number of hydrazone groups is 1. The van der Waals surface area contributed by atoms with E-state index in [4.69, 9.17) is 14.2 Å². The molecule has 0 aromatic heterocycles. The van der Waals surface area contributed by atoms with Crippen LogP contribution in [0.1, 0.15) is 26.3 Å². The Morgan fingerprint density at radius 2 is 1.58 bits per heavy atom. The van der Waals surface area contributed by atoms with Crippen LogP contribution in [0, 0.1) is 5.82 Å². The van der Waals surface area contributed by atoms with Crippen LogP contribution in [0.15, 0.2) is 70.2 Å². The number of nitrogens with zero attached hydrogens (tertiary/aromatic N) is 1. The summed E-state index contributed by atoms with van der Waals surface area (Å²) in [6.07, 6.45) is 1.29. The number of hydrogen-bond acceptors (Lipinski definition) is 7. The molecule has 3 rings (SSSR count). The van der Waals surface area contributed by atoms with E-state index >= 15 is 0 Å². The predicted octanol–water partition coefficient (Wildman–Crippen LogP) is 3.70. The summed E-state index contributed by atoms with van der Waals surface area (Å²) in [6, 6.07) is 14.4. The lowest BCUT2D eigenvalue weighted by Crippen LogP contribution is -2.34. The zero-order chi connectivity index (χ0) is 26.1. The molecule has 3 aromatic rings. The topological polar surface area (TPSA) is 115 Å². The van der Waals surface area contributed by atoms with E-state index in [0.717, 1.165) is 12.1 Å². The lowest BCUT2D eigenvalue weighted by Gasteiger charge is -2.11. The summed E-state index contributed by atoms with van der Waals surface area (Å²) in [5.74, 6) is -1.21.